The van der Waals surface area contributed by atoms with Crippen molar-refractivity contribution in [3.05, 3.63) is 76.8 Å². The molecule has 0 saturated carbocycles. The van der Waals surface area contributed by atoms with Gasteiger partial charge in [-0.1, -0.05) is 12.1 Å². The number of aliphatic imine (C=N–C) groups is 1. The molecule has 0 fully saturated rings. The number of hydrogen-bond donors (Lipinski definition) is 1. The van der Waals surface area contributed by atoms with Gasteiger partial charge in [-0.3, -0.25) is 4.99 Å². The van der Waals surface area contributed by atoms with Crippen molar-refractivity contribution in [3.63, 3.8) is 0 Å². The molecule has 1 N–H and O–H groups in total. The summed E-state index contributed by atoms with van der Waals surface area (Å²) < 4.78 is 4.75. The first-order valence-corrected chi connectivity index (χ1v) is 7.41. The van der Waals surface area contributed by atoms with Crippen molar-refractivity contribution in [1.82, 2.24) is 4.98 Å². The molecule has 0 aliphatic carbocycles. The normalized spacial score (nSPS) is 15.5. The minimum absolute atomic E-state index is 0.337. The minimum Gasteiger partial charge on any atom is -0.465 e. The van der Waals surface area contributed by atoms with E-state index in [1.165, 1.54) is 7.11 Å². The highest BCUT2D eigenvalue weighted by Gasteiger charge is 2.15. The molecule has 1 aromatic carbocycles. The zero-order chi connectivity index (χ0) is 16.4. The lowest BCUT2D eigenvalue weighted by Crippen LogP contribution is -2.01. The summed E-state index contributed by atoms with van der Waals surface area (Å²) in [7, 11) is 1.38. The van der Waals surface area contributed by atoms with Crippen molar-refractivity contribution in [3.8, 4) is 0 Å². The molecule has 0 amide bonds. The predicted octanol–water partition coefficient (Wildman–Crippen LogP) is 3.90. The lowest BCUT2D eigenvalue weighted by Gasteiger charge is -2.09. The van der Waals surface area contributed by atoms with Crippen molar-refractivity contribution >= 4 is 17.3 Å². The van der Waals surface area contributed by atoms with Gasteiger partial charge in [0.25, 0.3) is 0 Å². The summed E-state index contributed by atoms with van der Waals surface area (Å²) >= 11 is 0. The van der Waals surface area contributed by atoms with Crippen LogP contribution in [-0.4, -0.2) is 23.8 Å². The lowest BCUT2D eigenvalue weighted by atomic mass is 9.99. The molecule has 0 bridgehead atoms. The van der Waals surface area contributed by atoms with E-state index in [1.54, 1.807) is 12.1 Å². The molecule has 116 valence electrons. The van der Waals surface area contributed by atoms with Crippen molar-refractivity contribution in [1.29, 1.82) is 0 Å². The van der Waals surface area contributed by atoms with Crippen LogP contribution < -0.4 is 0 Å². The van der Waals surface area contributed by atoms with Gasteiger partial charge < -0.3 is 9.72 Å². The number of ether oxygens (including phenoxy) is 1. The monoisotopic (exact) mass is 306 g/mol. The number of carbonyl (C=O) groups is 1. The van der Waals surface area contributed by atoms with Crippen LogP contribution >= 0.6 is 0 Å². The highest BCUT2D eigenvalue weighted by atomic mass is 16.5. The standard InChI is InChI=1S/C19H18N2O2/c1-12-4-10-16(20-12)18(17-11-5-13(2)21-17)14-6-8-15(9-7-14)19(22)23-3/h4-11,20H,1-3H3/b18-17+. The molecule has 1 aromatic heterocycles. The van der Waals surface area contributed by atoms with Crippen LogP contribution in [0.2, 0.25) is 0 Å². The summed E-state index contributed by atoms with van der Waals surface area (Å²) in [5.41, 5.74) is 6.53. The second kappa shape index (κ2) is 6.08. The number of esters is 1. The predicted molar refractivity (Wildman–Crippen MR) is 91.6 cm³/mol. The fraction of sp³-hybridized carbons (Fsp3) is 0.158. The Morgan fingerprint density at radius 3 is 2.22 bits per heavy atom. The van der Waals surface area contributed by atoms with Gasteiger partial charge in [0.05, 0.1) is 18.4 Å². The molecule has 0 radical (unpaired) electrons. The number of nitrogens with one attached hydrogen (secondary N) is 1. The lowest BCUT2D eigenvalue weighted by molar-refractivity contribution is 0.0600. The third kappa shape index (κ3) is 3.01. The number of aryl methyl sites for hydroxylation is 1. The smallest absolute Gasteiger partial charge is 0.337 e. The van der Waals surface area contributed by atoms with Crippen LogP contribution in [0.25, 0.3) is 5.57 Å². The van der Waals surface area contributed by atoms with E-state index in [-0.39, 0.29) is 5.97 Å². The van der Waals surface area contributed by atoms with Gasteiger partial charge in [-0.05, 0) is 55.8 Å². The summed E-state index contributed by atoms with van der Waals surface area (Å²) in [6, 6.07) is 11.5. The molecule has 23 heavy (non-hydrogen) atoms. The number of methoxy groups -OCH3 is 1. The first-order chi connectivity index (χ1) is 11.1. The van der Waals surface area contributed by atoms with Crippen LogP contribution in [0, 0.1) is 6.92 Å². The number of aromatic nitrogens is 1. The highest BCUT2D eigenvalue weighted by molar-refractivity contribution is 5.99. The van der Waals surface area contributed by atoms with Crippen LogP contribution in [0.5, 0.6) is 0 Å². The Morgan fingerprint density at radius 1 is 1.00 bits per heavy atom. The Labute approximate surface area is 135 Å². The fourth-order valence-electron chi connectivity index (χ4n) is 2.59. The van der Waals surface area contributed by atoms with Crippen LogP contribution in [0.15, 0.2) is 59.2 Å². The van der Waals surface area contributed by atoms with Gasteiger partial charge in [0.1, 0.15) is 0 Å². The molecule has 2 aromatic rings. The molecule has 4 nitrogen and oxygen atoms in total. The van der Waals surface area contributed by atoms with Crippen molar-refractivity contribution in [2.24, 2.45) is 4.99 Å². The molecule has 0 unspecified atom stereocenters. The average molecular weight is 306 g/mol. The number of allylic oxidation sites excluding steroid dienone is 2. The second-order valence-electron chi connectivity index (χ2n) is 5.47. The van der Waals surface area contributed by atoms with Crippen LogP contribution in [0.3, 0.4) is 0 Å². The maximum absolute atomic E-state index is 11.6. The molecule has 4 heteroatoms. The fourth-order valence-corrected chi connectivity index (χ4v) is 2.59. The zero-order valence-electron chi connectivity index (χ0n) is 13.4. The molecular weight excluding hydrogens is 288 g/mol. The Balaban J connectivity index is 2.10. The first kappa shape index (κ1) is 15.0. The van der Waals surface area contributed by atoms with Gasteiger partial charge in [-0.15, -0.1) is 0 Å². The number of benzene rings is 1. The Bertz CT molecular complexity index is 837. The van der Waals surface area contributed by atoms with Crippen molar-refractivity contribution < 1.29 is 9.53 Å². The molecule has 3 rings (SSSR count). The largest absolute Gasteiger partial charge is 0.465 e. The average Bonchev–Trinajstić information content (AvgIpc) is 3.17. The number of hydrogen-bond acceptors (Lipinski definition) is 3. The maximum atomic E-state index is 11.6. The summed E-state index contributed by atoms with van der Waals surface area (Å²) in [5.74, 6) is -0.337. The molecule has 0 spiro atoms. The quantitative estimate of drug-likeness (QED) is 0.874. The summed E-state index contributed by atoms with van der Waals surface area (Å²) in [6.07, 6.45) is 4.00. The van der Waals surface area contributed by atoms with E-state index in [0.29, 0.717) is 5.56 Å². The van der Waals surface area contributed by atoms with Crippen LogP contribution in [0.1, 0.15) is 34.2 Å². The van der Waals surface area contributed by atoms with Gasteiger partial charge >= 0.3 is 5.97 Å². The molecule has 2 heterocycles. The summed E-state index contributed by atoms with van der Waals surface area (Å²) in [4.78, 5) is 19.6. The third-order valence-electron chi connectivity index (χ3n) is 3.73. The maximum Gasteiger partial charge on any atom is 0.337 e. The van der Waals surface area contributed by atoms with E-state index in [9.17, 15) is 4.79 Å². The van der Waals surface area contributed by atoms with E-state index in [4.69, 9.17) is 4.74 Å². The zero-order valence-corrected chi connectivity index (χ0v) is 13.4. The third-order valence-corrected chi connectivity index (χ3v) is 3.73. The van der Waals surface area contributed by atoms with E-state index in [0.717, 1.165) is 33.9 Å². The van der Waals surface area contributed by atoms with E-state index in [1.807, 2.05) is 50.3 Å². The van der Waals surface area contributed by atoms with Gasteiger partial charge in [-0.2, -0.15) is 0 Å². The molecule has 0 saturated heterocycles. The Morgan fingerprint density at radius 2 is 1.70 bits per heavy atom. The van der Waals surface area contributed by atoms with E-state index in [2.05, 4.69) is 9.98 Å². The topological polar surface area (TPSA) is 54.4 Å². The SMILES string of the molecule is COC(=O)c1ccc(/C(=C2/C=CC(C)=N2)c2ccc(C)[nH]2)cc1. The summed E-state index contributed by atoms with van der Waals surface area (Å²) in [6.45, 7) is 3.99. The van der Waals surface area contributed by atoms with Gasteiger partial charge in [0.2, 0.25) is 0 Å². The molecule has 1 aliphatic rings. The van der Waals surface area contributed by atoms with E-state index < -0.39 is 0 Å². The van der Waals surface area contributed by atoms with E-state index >= 15 is 0 Å². The van der Waals surface area contributed by atoms with Crippen molar-refractivity contribution in [2.45, 2.75) is 13.8 Å². The molecule has 0 atom stereocenters. The number of nitrogens with zero attached hydrogens (tertiary/aromatic N) is 1. The Kier molecular flexibility index (Phi) is 3.98. The summed E-state index contributed by atoms with van der Waals surface area (Å²) in [5, 5.41) is 0. The number of aromatic amines is 1. The van der Waals surface area contributed by atoms with Gasteiger partial charge in [0.15, 0.2) is 0 Å². The number of carbonyl (C=O) groups excluding carboxylic acids is 1. The number of H-pyrrole nitrogens is 1. The molecular formula is C19H18N2O2. The van der Waals surface area contributed by atoms with Crippen molar-refractivity contribution in [2.75, 3.05) is 7.11 Å². The van der Waals surface area contributed by atoms with Gasteiger partial charge in [0, 0.05) is 22.7 Å². The minimum atomic E-state index is -0.337. The van der Waals surface area contributed by atoms with Gasteiger partial charge in [-0.25, -0.2) is 4.79 Å². The second-order valence-corrected chi connectivity index (χ2v) is 5.47. The van der Waals surface area contributed by atoms with Crippen LogP contribution in [0.4, 0.5) is 0 Å². The first-order valence-electron chi connectivity index (χ1n) is 7.41. The molecule has 1 aliphatic heterocycles. The number of rotatable bonds is 3. The highest BCUT2D eigenvalue weighted by Crippen LogP contribution is 2.30. The Hall–Kier alpha value is -2.88. The van der Waals surface area contributed by atoms with Crippen LogP contribution in [-0.2, 0) is 4.74 Å².